The minimum atomic E-state index is -0.349. The Morgan fingerprint density at radius 3 is 2.69 bits per heavy atom. The molecule has 1 heterocycles. The van der Waals surface area contributed by atoms with Crippen molar-refractivity contribution < 1.29 is 9.59 Å². The second kappa shape index (κ2) is 9.24. The molecule has 2 aromatic carbocycles. The van der Waals surface area contributed by atoms with Gasteiger partial charge in [-0.2, -0.15) is 5.10 Å². The summed E-state index contributed by atoms with van der Waals surface area (Å²) in [6.45, 7) is 3.70. The van der Waals surface area contributed by atoms with Crippen molar-refractivity contribution in [3.8, 4) is 5.69 Å². The van der Waals surface area contributed by atoms with Crippen LogP contribution in [0.3, 0.4) is 0 Å². The Hall–Kier alpha value is -2.64. The first-order chi connectivity index (χ1) is 13.9. The molecular formula is C21H20BrClN4O2. The molecule has 0 spiro atoms. The molecule has 150 valence electrons. The molecule has 1 aromatic heterocycles. The van der Waals surface area contributed by atoms with E-state index in [1.165, 1.54) is 6.20 Å². The summed E-state index contributed by atoms with van der Waals surface area (Å²) in [5, 5.41) is 10.4. The van der Waals surface area contributed by atoms with Gasteiger partial charge >= 0.3 is 0 Å². The molecule has 3 rings (SSSR count). The van der Waals surface area contributed by atoms with Gasteiger partial charge in [0.25, 0.3) is 5.91 Å². The predicted molar refractivity (Wildman–Crippen MR) is 118 cm³/mol. The van der Waals surface area contributed by atoms with Crippen LogP contribution in [0.2, 0.25) is 5.02 Å². The molecule has 0 aliphatic heterocycles. The van der Waals surface area contributed by atoms with Gasteiger partial charge in [0.15, 0.2) is 0 Å². The third-order valence-corrected chi connectivity index (χ3v) is 5.10. The molecular weight excluding hydrogens is 456 g/mol. The first kappa shape index (κ1) is 21.1. The second-order valence-corrected chi connectivity index (χ2v) is 7.79. The van der Waals surface area contributed by atoms with E-state index in [1.54, 1.807) is 16.8 Å². The van der Waals surface area contributed by atoms with E-state index in [1.807, 2.05) is 44.2 Å². The summed E-state index contributed by atoms with van der Waals surface area (Å²) >= 11 is 9.45. The highest BCUT2D eigenvalue weighted by molar-refractivity contribution is 9.10. The van der Waals surface area contributed by atoms with Gasteiger partial charge in [0.05, 0.1) is 29.7 Å². The number of benzene rings is 2. The number of anilines is 1. The fourth-order valence-electron chi connectivity index (χ4n) is 2.95. The van der Waals surface area contributed by atoms with Crippen molar-refractivity contribution in [2.24, 2.45) is 0 Å². The molecule has 2 N–H and O–H groups in total. The lowest BCUT2D eigenvalue weighted by Crippen LogP contribution is -2.33. The van der Waals surface area contributed by atoms with E-state index in [4.69, 9.17) is 11.6 Å². The van der Waals surface area contributed by atoms with Crippen LogP contribution in [-0.2, 0) is 11.2 Å². The fraction of sp³-hybridized carbons (Fsp3) is 0.190. The highest BCUT2D eigenvalue weighted by atomic mass is 79.9. The molecule has 0 unspecified atom stereocenters. The van der Waals surface area contributed by atoms with Crippen LogP contribution in [0.15, 0.2) is 53.1 Å². The maximum atomic E-state index is 12.6. The average molecular weight is 476 g/mol. The van der Waals surface area contributed by atoms with Crippen molar-refractivity contribution in [2.75, 3.05) is 11.9 Å². The van der Waals surface area contributed by atoms with Gasteiger partial charge in [0, 0.05) is 15.2 Å². The summed E-state index contributed by atoms with van der Waals surface area (Å²) in [6, 6.07) is 12.8. The number of aryl methyl sites for hydroxylation is 1. The highest BCUT2D eigenvalue weighted by Crippen LogP contribution is 2.20. The van der Waals surface area contributed by atoms with Crippen molar-refractivity contribution >= 4 is 45.0 Å². The summed E-state index contributed by atoms with van der Waals surface area (Å²) in [7, 11) is 0. The zero-order valence-electron chi connectivity index (χ0n) is 16.0. The highest BCUT2D eigenvalue weighted by Gasteiger charge is 2.18. The summed E-state index contributed by atoms with van der Waals surface area (Å²) in [5.74, 6) is -0.651. The van der Waals surface area contributed by atoms with Crippen molar-refractivity contribution in [3.05, 3.63) is 75.0 Å². The smallest absolute Gasteiger partial charge is 0.255 e. The van der Waals surface area contributed by atoms with E-state index in [0.717, 1.165) is 21.4 Å². The minimum Gasteiger partial charge on any atom is -0.343 e. The zero-order valence-corrected chi connectivity index (χ0v) is 18.3. The molecule has 2 amide bonds. The molecule has 0 aliphatic carbocycles. The van der Waals surface area contributed by atoms with Crippen LogP contribution in [0, 0.1) is 6.92 Å². The van der Waals surface area contributed by atoms with E-state index in [-0.39, 0.29) is 18.4 Å². The number of aromatic nitrogens is 2. The van der Waals surface area contributed by atoms with Gasteiger partial charge < -0.3 is 10.6 Å². The van der Waals surface area contributed by atoms with Crippen molar-refractivity contribution in [2.45, 2.75) is 20.3 Å². The Balaban J connectivity index is 1.68. The molecule has 0 saturated carbocycles. The Morgan fingerprint density at radius 2 is 2.00 bits per heavy atom. The summed E-state index contributed by atoms with van der Waals surface area (Å²) in [6.07, 6.45) is 2.10. The van der Waals surface area contributed by atoms with Gasteiger partial charge in [-0.15, -0.1) is 0 Å². The van der Waals surface area contributed by atoms with Gasteiger partial charge in [0.2, 0.25) is 5.91 Å². The largest absolute Gasteiger partial charge is 0.343 e. The van der Waals surface area contributed by atoms with Gasteiger partial charge in [-0.1, -0.05) is 40.5 Å². The van der Waals surface area contributed by atoms with Gasteiger partial charge in [-0.3, -0.25) is 9.59 Å². The summed E-state index contributed by atoms with van der Waals surface area (Å²) in [5.41, 5.74) is 3.58. The second-order valence-electron chi connectivity index (χ2n) is 6.44. The van der Waals surface area contributed by atoms with E-state index < -0.39 is 0 Å². The first-order valence-corrected chi connectivity index (χ1v) is 10.2. The number of nitrogens with one attached hydrogen (secondary N) is 2. The maximum absolute atomic E-state index is 12.6. The quantitative estimate of drug-likeness (QED) is 0.550. The third-order valence-electron chi connectivity index (χ3n) is 4.37. The molecule has 0 bridgehead atoms. The molecule has 8 heteroatoms. The van der Waals surface area contributed by atoms with Crippen LogP contribution in [0.4, 0.5) is 5.69 Å². The number of carbonyl (C=O) groups is 2. The first-order valence-electron chi connectivity index (χ1n) is 9.06. The minimum absolute atomic E-state index is 0.139. The predicted octanol–water partition coefficient (Wildman–Crippen LogP) is 4.53. The van der Waals surface area contributed by atoms with Gasteiger partial charge in [0.1, 0.15) is 0 Å². The Labute approximate surface area is 182 Å². The van der Waals surface area contributed by atoms with Crippen LogP contribution >= 0.6 is 27.5 Å². The van der Waals surface area contributed by atoms with Crippen molar-refractivity contribution in [3.63, 3.8) is 0 Å². The fourth-order valence-corrected chi connectivity index (χ4v) is 3.61. The zero-order chi connectivity index (χ0) is 21.0. The monoisotopic (exact) mass is 474 g/mol. The van der Waals surface area contributed by atoms with Crippen molar-refractivity contribution in [1.29, 1.82) is 0 Å². The Bertz CT molecular complexity index is 1060. The van der Waals surface area contributed by atoms with Crippen LogP contribution < -0.4 is 10.6 Å². The lowest BCUT2D eigenvalue weighted by Gasteiger charge is -2.10. The van der Waals surface area contributed by atoms with E-state index in [2.05, 4.69) is 31.7 Å². The molecule has 0 saturated heterocycles. The van der Waals surface area contributed by atoms with Gasteiger partial charge in [-0.05, 0) is 55.3 Å². The maximum Gasteiger partial charge on any atom is 0.255 e. The number of halogens is 2. The van der Waals surface area contributed by atoms with Crippen molar-refractivity contribution in [1.82, 2.24) is 15.1 Å². The Morgan fingerprint density at radius 1 is 1.21 bits per heavy atom. The summed E-state index contributed by atoms with van der Waals surface area (Å²) in [4.78, 5) is 24.9. The number of rotatable bonds is 6. The van der Waals surface area contributed by atoms with Crippen LogP contribution in [0.5, 0.6) is 0 Å². The lowest BCUT2D eigenvalue weighted by atomic mass is 10.2. The average Bonchev–Trinajstić information content (AvgIpc) is 3.12. The van der Waals surface area contributed by atoms with Crippen LogP contribution in [0.1, 0.15) is 28.5 Å². The number of nitrogens with zero attached hydrogens (tertiary/aromatic N) is 2. The Kier molecular flexibility index (Phi) is 6.71. The van der Waals surface area contributed by atoms with Crippen LogP contribution in [-0.4, -0.2) is 28.1 Å². The topological polar surface area (TPSA) is 76.0 Å². The molecule has 3 aromatic rings. The molecule has 0 aliphatic rings. The number of carbonyl (C=O) groups excluding carboxylic acids is 2. The van der Waals surface area contributed by atoms with E-state index in [9.17, 15) is 9.59 Å². The number of amides is 2. The molecule has 0 fully saturated rings. The normalized spacial score (nSPS) is 10.6. The van der Waals surface area contributed by atoms with Crippen LogP contribution in [0.25, 0.3) is 5.69 Å². The lowest BCUT2D eigenvalue weighted by molar-refractivity contribution is -0.115. The number of hydrogen-bond donors (Lipinski definition) is 2. The van der Waals surface area contributed by atoms with Gasteiger partial charge in [-0.25, -0.2) is 4.68 Å². The molecule has 0 radical (unpaired) electrons. The standard InChI is InChI=1S/C21H20BrClN4O2/c1-3-19-17(11-25-27(19)16-6-4-5-15(23)10-16)21(29)24-12-20(28)26-18-8-7-14(22)9-13(18)2/h4-11H,3,12H2,1-2H3,(H,24,29)(H,26,28). The summed E-state index contributed by atoms with van der Waals surface area (Å²) < 4.78 is 2.62. The van der Waals surface area contributed by atoms with E-state index >= 15 is 0 Å². The third kappa shape index (κ3) is 5.05. The molecule has 6 nitrogen and oxygen atoms in total. The molecule has 0 atom stereocenters. The molecule has 29 heavy (non-hydrogen) atoms. The SMILES string of the molecule is CCc1c(C(=O)NCC(=O)Nc2ccc(Br)cc2C)cnn1-c1cccc(Cl)c1. The number of hydrogen-bond acceptors (Lipinski definition) is 3. The van der Waals surface area contributed by atoms with E-state index in [0.29, 0.717) is 22.7 Å².